The Morgan fingerprint density at radius 1 is 1.19 bits per heavy atom. The fraction of sp³-hybridized carbons (Fsp3) is 0.227. The van der Waals surface area contributed by atoms with Crippen molar-refractivity contribution in [2.24, 2.45) is 0 Å². The number of alkyl halides is 3. The van der Waals surface area contributed by atoms with Gasteiger partial charge in [0.1, 0.15) is 23.6 Å². The fourth-order valence-electron chi connectivity index (χ4n) is 2.45. The normalized spacial score (nSPS) is 12.0. The molecular formula is C22H20F3N3O4. The predicted molar refractivity (Wildman–Crippen MR) is 111 cm³/mol. The molecule has 0 aliphatic rings. The quantitative estimate of drug-likeness (QED) is 0.602. The van der Waals surface area contributed by atoms with Crippen molar-refractivity contribution < 1.29 is 32.2 Å². The lowest BCUT2D eigenvalue weighted by Gasteiger charge is -2.14. The van der Waals surface area contributed by atoms with Gasteiger partial charge in [-0.15, -0.1) is 0 Å². The number of halogens is 3. The molecule has 2 N–H and O–H groups in total. The molecule has 0 aromatic heterocycles. The lowest BCUT2D eigenvalue weighted by molar-refractivity contribution is -0.153. The standard InChI is InChI=1S/C22H20F3N3O4/c1-14(27-20(29)10-5-15-3-7-18(31-2)8-4-15)21(30)28-17-6-9-19(16(11-17)12-26)32-13-22(23,24)25/h3-11,14H,13H2,1-2H3,(H,27,29)(H,28,30). The number of nitriles is 1. The van der Waals surface area contributed by atoms with Gasteiger partial charge in [0.2, 0.25) is 11.8 Å². The molecule has 1 atom stereocenters. The van der Waals surface area contributed by atoms with E-state index in [1.54, 1.807) is 43.5 Å². The summed E-state index contributed by atoms with van der Waals surface area (Å²) in [5.41, 5.74) is 0.752. The Balaban J connectivity index is 1.94. The average Bonchev–Trinajstić information content (AvgIpc) is 2.76. The van der Waals surface area contributed by atoms with E-state index in [1.165, 1.54) is 25.1 Å². The van der Waals surface area contributed by atoms with Crippen LogP contribution in [0.25, 0.3) is 6.08 Å². The molecule has 168 valence electrons. The Labute approximate surface area is 182 Å². The van der Waals surface area contributed by atoms with Crippen molar-refractivity contribution in [2.75, 3.05) is 19.0 Å². The van der Waals surface area contributed by atoms with Gasteiger partial charge in [0.05, 0.1) is 12.7 Å². The van der Waals surface area contributed by atoms with E-state index >= 15 is 0 Å². The molecule has 0 bridgehead atoms. The summed E-state index contributed by atoms with van der Waals surface area (Å²) in [4.78, 5) is 24.4. The topological polar surface area (TPSA) is 100 Å². The van der Waals surface area contributed by atoms with Gasteiger partial charge in [0.25, 0.3) is 0 Å². The van der Waals surface area contributed by atoms with E-state index in [1.807, 2.05) is 0 Å². The third-order valence-electron chi connectivity index (χ3n) is 4.05. The third kappa shape index (κ3) is 7.68. The Bertz CT molecular complexity index is 1030. The van der Waals surface area contributed by atoms with Crippen LogP contribution in [-0.2, 0) is 9.59 Å². The number of benzene rings is 2. The van der Waals surface area contributed by atoms with Gasteiger partial charge in [0, 0.05) is 11.8 Å². The summed E-state index contributed by atoms with van der Waals surface area (Å²) in [6.07, 6.45) is -1.71. The number of nitrogens with one attached hydrogen (secondary N) is 2. The number of carbonyl (C=O) groups excluding carboxylic acids is 2. The maximum absolute atomic E-state index is 12.3. The minimum atomic E-state index is -4.55. The molecule has 0 heterocycles. The van der Waals surface area contributed by atoms with E-state index in [0.29, 0.717) is 5.75 Å². The molecule has 7 nitrogen and oxygen atoms in total. The lowest BCUT2D eigenvalue weighted by atomic mass is 10.2. The van der Waals surface area contributed by atoms with Gasteiger partial charge in [-0.05, 0) is 48.9 Å². The van der Waals surface area contributed by atoms with Crippen molar-refractivity contribution in [2.45, 2.75) is 19.1 Å². The van der Waals surface area contributed by atoms with Crippen LogP contribution in [0.5, 0.6) is 11.5 Å². The van der Waals surface area contributed by atoms with Crippen LogP contribution in [0.15, 0.2) is 48.5 Å². The molecule has 0 aliphatic carbocycles. The van der Waals surface area contributed by atoms with Crippen molar-refractivity contribution in [1.82, 2.24) is 5.32 Å². The van der Waals surface area contributed by atoms with Gasteiger partial charge < -0.3 is 20.1 Å². The Morgan fingerprint density at radius 3 is 2.47 bits per heavy atom. The summed E-state index contributed by atoms with van der Waals surface area (Å²) in [5, 5.41) is 14.1. The Morgan fingerprint density at radius 2 is 1.88 bits per heavy atom. The number of carbonyl (C=O) groups is 2. The third-order valence-corrected chi connectivity index (χ3v) is 4.05. The highest BCUT2D eigenvalue weighted by Gasteiger charge is 2.29. The second-order valence-electron chi connectivity index (χ2n) is 6.55. The lowest BCUT2D eigenvalue weighted by Crippen LogP contribution is -2.40. The van der Waals surface area contributed by atoms with E-state index in [9.17, 15) is 22.8 Å². The smallest absolute Gasteiger partial charge is 0.422 e. The number of methoxy groups -OCH3 is 1. The average molecular weight is 447 g/mol. The van der Waals surface area contributed by atoms with Crippen LogP contribution >= 0.6 is 0 Å². The second-order valence-corrected chi connectivity index (χ2v) is 6.55. The highest BCUT2D eigenvalue weighted by Crippen LogP contribution is 2.25. The monoisotopic (exact) mass is 447 g/mol. The van der Waals surface area contributed by atoms with Gasteiger partial charge >= 0.3 is 6.18 Å². The van der Waals surface area contributed by atoms with Crippen molar-refractivity contribution in [3.63, 3.8) is 0 Å². The second kappa shape index (κ2) is 10.9. The van der Waals surface area contributed by atoms with Crippen molar-refractivity contribution >= 4 is 23.6 Å². The molecule has 2 rings (SSSR count). The van der Waals surface area contributed by atoms with E-state index in [4.69, 9.17) is 10.00 Å². The van der Waals surface area contributed by atoms with Crippen LogP contribution in [0.3, 0.4) is 0 Å². The summed E-state index contributed by atoms with van der Waals surface area (Å²) < 4.78 is 46.5. The minimum Gasteiger partial charge on any atom is -0.497 e. The molecule has 0 saturated carbocycles. The zero-order chi connectivity index (χ0) is 23.7. The van der Waals surface area contributed by atoms with Crippen LogP contribution < -0.4 is 20.1 Å². The molecule has 0 saturated heterocycles. The number of hydrogen-bond donors (Lipinski definition) is 2. The molecule has 0 radical (unpaired) electrons. The number of ether oxygens (including phenoxy) is 2. The summed E-state index contributed by atoms with van der Waals surface area (Å²) in [6, 6.07) is 11.4. The largest absolute Gasteiger partial charge is 0.497 e. The predicted octanol–water partition coefficient (Wildman–Crippen LogP) is 3.66. The summed E-state index contributed by atoms with van der Waals surface area (Å²) in [7, 11) is 1.54. The molecule has 1 unspecified atom stereocenters. The molecule has 0 aliphatic heterocycles. The Hall–Kier alpha value is -4.00. The van der Waals surface area contributed by atoms with Gasteiger partial charge in [-0.1, -0.05) is 12.1 Å². The van der Waals surface area contributed by atoms with Gasteiger partial charge in [-0.25, -0.2) is 0 Å². The van der Waals surface area contributed by atoms with Gasteiger partial charge in [-0.3, -0.25) is 9.59 Å². The van der Waals surface area contributed by atoms with Crippen molar-refractivity contribution in [3.8, 4) is 17.6 Å². The van der Waals surface area contributed by atoms with Gasteiger partial charge in [-0.2, -0.15) is 18.4 Å². The highest BCUT2D eigenvalue weighted by molar-refractivity contribution is 5.99. The minimum absolute atomic E-state index is 0.167. The zero-order valence-corrected chi connectivity index (χ0v) is 17.2. The molecule has 2 aromatic carbocycles. The molecule has 32 heavy (non-hydrogen) atoms. The van der Waals surface area contributed by atoms with Crippen molar-refractivity contribution in [3.05, 3.63) is 59.7 Å². The number of hydrogen-bond acceptors (Lipinski definition) is 5. The maximum atomic E-state index is 12.3. The van der Waals surface area contributed by atoms with Crippen LogP contribution in [0.2, 0.25) is 0 Å². The van der Waals surface area contributed by atoms with Crippen LogP contribution in [0, 0.1) is 11.3 Å². The Kier molecular flexibility index (Phi) is 8.24. The SMILES string of the molecule is COc1ccc(C=CC(=O)NC(C)C(=O)Nc2ccc(OCC(F)(F)F)c(C#N)c2)cc1. The summed E-state index contributed by atoms with van der Waals surface area (Å²) >= 11 is 0. The molecule has 0 spiro atoms. The zero-order valence-electron chi connectivity index (χ0n) is 17.2. The first kappa shape index (κ1) is 24.3. The first-order chi connectivity index (χ1) is 15.1. The van der Waals surface area contributed by atoms with Gasteiger partial charge in [0.15, 0.2) is 6.61 Å². The van der Waals surface area contributed by atoms with Crippen molar-refractivity contribution in [1.29, 1.82) is 5.26 Å². The number of rotatable bonds is 8. The fourth-order valence-corrected chi connectivity index (χ4v) is 2.45. The summed E-state index contributed by atoms with van der Waals surface area (Å²) in [6.45, 7) is -0.0824. The molecule has 2 aromatic rings. The molecule has 2 amide bonds. The molecule has 0 fully saturated rings. The number of amides is 2. The molecular weight excluding hydrogens is 427 g/mol. The first-order valence-corrected chi connectivity index (χ1v) is 9.28. The van der Waals surface area contributed by atoms with E-state index in [-0.39, 0.29) is 17.0 Å². The van der Waals surface area contributed by atoms with Crippen LogP contribution in [-0.4, -0.2) is 37.7 Å². The summed E-state index contributed by atoms with van der Waals surface area (Å²) in [5.74, 6) is -0.662. The van der Waals surface area contributed by atoms with Crippen LogP contribution in [0.4, 0.5) is 18.9 Å². The van der Waals surface area contributed by atoms with E-state index in [0.717, 1.165) is 11.6 Å². The van der Waals surface area contributed by atoms with E-state index in [2.05, 4.69) is 15.4 Å². The molecule has 10 heteroatoms. The maximum Gasteiger partial charge on any atom is 0.422 e. The first-order valence-electron chi connectivity index (χ1n) is 9.28. The number of nitrogens with zero attached hydrogens (tertiary/aromatic N) is 1. The van der Waals surface area contributed by atoms with Crippen LogP contribution in [0.1, 0.15) is 18.1 Å². The number of anilines is 1. The van der Waals surface area contributed by atoms with E-state index < -0.39 is 30.6 Å². The highest BCUT2D eigenvalue weighted by atomic mass is 19.4.